The molecule has 1 saturated carbocycles. The second-order valence-corrected chi connectivity index (χ2v) is 9.43. The summed E-state index contributed by atoms with van der Waals surface area (Å²) in [5, 5.41) is 13.4. The van der Waals surface area contributed by atoms with Gasteiger partial charge in [0.05, 0.1) is 34.8 Å². The number of nitrogens with one attached hydrogen (secondary N) is 2. The summed E-state index contributed by atoms with van der Waals surface area (Å²) in [6.07, 6.45) is -0.468. The predicted octanol–water partition coefficient (Wildman–Crippen LogP) is 5.22. The monoisotopic (exact) mass is 546 g/mol. The molecule has 1 aliphatic rings. The fourth-order valence-corrected chi connectivity index (χ4v) is 3.90. The van der Waals surface area contributed by atoms with Gasteiger partial charge in [-0.1, -0.05) is 11.6 Å². The summed E-state index contributed by atoms with van der Waals surface area (Å²) in [7, 11) is 0. The molecular weight excluding hydrogens is 532 g/mol. The van der Waals surface area contributed by atoms with Gasteiger partial charge in [-0.2, -0.15) is 5.26 Å². The van der Waals surface area contributed by atoms with Crippen LogP contribution in [0, 0.1) is 28.9 Å². The molecule has 13 heteroatoms. The summed E-state index contributed by atoms with van der Waals surface area (Å²) in [6, 6.07) is 7.20. The predicted molar refractivity (Wildman–Crippen MR) is 125 cm³/mol. The first-order valence-corrected chi connectivity index (χ1v) is 11.1. The van der Waals surface area contributed by atoms with E-state index in [2.05, 4.69) is 10.6 Å². The average molecular weight is 548 g/mol. The van der Waals surface area contributed by atoms with E-state index in [0.29, 0.717) is 4.90 Å². The Balaban J connectivity index is 1.86. The van der Waals surface area contributed by atoms with Crippen molar-refractivity contribution in [3.8, 4) is 6.07 Å². The summed E-state index contributed by atoms with van der Waals surface area (Å²) in [5.41, 5.74) is -1.41. The van der Waals surface area contributed by atoms with Crippen LogP contribution in [0.2, 0.25) is 5.02 Å². The van der Waals surface area contributed by atoms with Crippen LogP contribution >= 0.6 is 34.8 Å². The van der Waals surface area contributed by atoms with Crippen molar-refractivity contribution in [1.29, 1.82) is 5.26 Å². The van der Waals surface area contributed by atoms with Gasteiger partial charge in [-0.25, -0.2) is 13.2 Å². The number of halogens is 6. The van der Waals surface area contributed by atoms with Crippen molar-refractivity contribution in [3.63, 3.8) is 0 Å². The van der Waals surface area contributed by atoms with Gasteiger partial charge >= 0.3 is 0 Å². The molecule has 2 N–H and O–H groups in total. The van der Waals surface area contributed by atoms with Crippen LogP contribution in [0.1, 0.15) is 23.2 Å². The second-order valence-electron chi connectivity index (χ2n) is 7.48. The highest BCUT2D eigenvalue weighted by Gasteiger charge is 2.56. The molecule has 2 aromatic carbocycles. The third-order valence-electron chi connectivity index (χ3n) is 5.05. The van der Waals surface area contributed by atoms with E-state index in [9.17, 15) is 23.2 Å². The van der Waals surface area contributed by atoms with Crippen molar-refractivity contribution >= 4 is 69.6 Å². The lowest BCUT2D eigenvalue weighted by Crippen LogP contribution is -2.34. The first-order valence-electron chi connectivity index (χ1n) is 10.0. The topological polar surface area (TPSA) is 102 Å². The molecule has 3 rings (SSSR count). The van der Waals surface area contributed by atoms with Gasteiger partial charge < -0.3 is 15.5 Å². The maximum atomic E-state index is 15.1. The van der Waals surface area contributed by atoms with E-state index in [1.807, 2.05) is 0 Å². The molecule has 0 radical (unpaired) electrons. The van der Waals surface area contributed by atoms with Crippen molar-refractivity contribution in [1.82, 2.24) is 0 Å². The third kappa shape index (κ3) is 5.99. The second kappa shape index (κ2) is 10.7. The Labute approximate surface area is 212 Å². The normalized spacial score (nSPS) is 15.6. The van der Waals surface area contributed by atoms with Crippen molar-refractivity contribution in [3.05, 3.63) is 52.6 Å². The fraction of sp³-hybridized carbons (Fsp3) is 0.273. The van der Waals surface area contributed by atoms with E-state index in [4.69, 9.17) is 40.1 Å². The molecule has 1 atom stereocenters. The number of nitriles is 1. The number of carbonyl (C=O) groups is 3. The van der Waals surface area contributed by atoms with Gasteiger partial charge in [-0.05, 0) is 36.8 Å². The molecule has 0 bridgehead atoms. The minimum absolute atomic E-state index is 0.0399. The van der Waals surface area contributed by atoms with Crippen LogP contribution in [0.15, 0.2) is 30.3 Å². The van der Waals surface area contributed by atoms with Crippen LogP contribution in [0.5, 0.6) is 0 Å². The minimum atomic E-state index is -1.35. The number of alkyl halides is 3. The van der Waals surface area contributed by atoms with E-state index in [0.717, 1.165) is 12.1 Å². The van der Waals surface area contributed by atoms with Gasteiger partial charge in [0.1, 0.15) is 28.9 Å². The van der Waals surface area contributed by atoms with Crippen LogP contribution in [0.25, 0.3) is 0 Å². The number of amides is 3. The van der Waals surface area contributed by atoms with Gasteiger partial charge in [0.15, 0.2) is 5.82 Å². The van der Waals surface area contributed by atoms with Gasteiger partial charge in [0.2, 0.25) is 11.8 Å². The lowest BCUT2D eigenvalue weighted by molar-refractivity contribution is -0.118. The Bertz CT molecular complexity index is 1240. The average Bonchev–Trinajstić information content (AvgIpc) is 3.44. The Kier molecular flexibility index (Phi) is 8.15. The quantitative estimate of drug-likeness (QED) is 0.443. The Morgan fingerprint density at radius 3 is 2.46 bits per heavy atom. The largest absolute Gasteiger partial charge is 0.326 e. The van der Waals surface area contributed by atoms with Crippen molar-refractivity contribution in [2.45, 2.75) is 17.2 Å². The molecule has 3 amide bonds. The van der Waals surface area contributed by atoms with E-state index in [1.54, 1.807) is 0 Å². The Morgan fingerprint density at radius 1 is 1.17 bits per heavy atom. The van der Waals surface area contributed by atoms with Crippen molar-refractivity contribution < 1.29 is 27.6 Å². The molecule has 7 nitrogen and oxygen atoms in total. The highest BCUT2D eigenvalue weighted by molar-refractivity contribution is 6.52. The van der Waals surface area contributed by atoms with Crippen LogP contribution in [-0.2, 0) is 9.59 Å². The van der Waals surface area contributed by atoms with E-state index in [1.165, 1.54) is 24.3 Å². The van der Waals surface area contributed by atoms with E-state index < -0.39 is 70.6 Å². The standard InChI is InChI=1S/C22H16Cl3F3N4O3/c23-14-2-1-11(30-21(35)13-10-22(13,24)25)9-12(14)20(34)31-16-4-3-15(27)19(18(16)28)32(8-6-26)17(33)5-7-29/h1-4,9,13H,5-6,8,10H2,(H,30,35)(H,31,34)/t13-/m1/s1. The number of rotatable bonds is 8. The van der Waals surface area contributed by atoms with E-state index >= 15 is 4.39 Å². The first-order chi connectivity index (χ1) is 16.5. The molecule has 2 aromatic rings. The summed E-state index contributed by atoms with van der Waals surface area (Å²) < 4.78 is 41.3. The number of nitrogens with zero attached hydrogens (tertiary/aromatic N) is 2. The summed E-state index contributed by atoms with van der Waals surface area (Å²) in [4.78, 5) is 37.6. The summed E-state index contributed by atoms with van der Waals surface area (Å²) >= 11 is 17.8. The summed E-state index contributed by atoms with van der Waals surface area (Å²) in [6.45, 7) is -1.83. The molecular formula is C22H16Cl3F3N4O3. The SMILES string of the molecule is N#CCC(=O)N(CCF)c1c(F)ccc(NC(=O)c2cc(NC(=O)[C@H]3CC3(Cl)Cl)ccc2Cl)c1F. The van der Waals surface area contributed by atoms with Gasteiger partial charge in [-0.15, -0.1) is 23.2 Å². The molecule has 0 aromatic heterocycles. The molecule has 0 spiro atoms. The number of hydrogen-bond donors (Lipinski definition) is 2. The smallest absolute Gasteiger partial charge is 0.257 e. The lowest BCUT2D eigenvalue weighted by Gasteiger charge is -2.22. The van der Waals surface area contributed by atoms with Crippen LogP contribution in [0.3, 0.4) is 0 Å². The number of benzene rings is 2. The van der Waals surface area contributed by atoms with Crippen LogP contribution in [-0.4, -0.2) is 35.3 Å². The third-order valence-corrected chi connectivity index (χ3v) is 6.21. The van der Waals surface area contributed by atoms with Crippen molar-refractivity contribution in [2.75, 3.05) is 28.8 Å². The molecule has 0 aliphatic heterocycles. The zero-order valence-electron chi connectivity index (χ0n) is 17.7. The molecule has 0 saturated heterocycles. The molecule has 1 aliphatic carbocycles. The maximum Gasteiger partial charge on any atom is 0.257 e. The molecule has 184 valence electrons. The van der Waals surface area contributed by atoms with E-state index in [-0.39, 0.29) is 22.7 Å². The van der Waals surface area contributed by atoms with Crippen LogP contribution < -0.4 is 15.5 Å². The highest BCUT2D eigenvalue weighted by Crippen LogP contribution is 2.53. The number of carbonyl (C=O) groups excluding carboxylic acids is 3. The summed E-state index contributed by atoms with van der Waals surface area (Å²) in [5.74, 6) is -5.58. The number of hydrogen-bond acceptors (Lipinski definition) is 4. The van der Waals surface area contributed by atoms with Gasteiger partial charge in [0, 0.05) is 5.69 Å². The van der Waals surface area contributed by atoms with Crippen molar-refractivity contribution in [2.24, 2.45) is 5.92 Å². The van der Waals surface area contributed by atoms with Gasteiger partial charge in [-0.3, -0.25) is 14.4 Å². The maximum absolute atomic E-state index is 15.1. The fourth-order valence-electron chi connectivity index (χ4n) is 3.19. The molecule has 35 heavy (non-hydrogen) atoms. The first kappa shape index (κ1) is 26.6. The molecule has 0 unspecified atom stereocenters. The Morgan fingerprint density at radius 2 is 1.86 bits per heavy atom. The lowest BCUT2D eigenvalue weighted by atomic mass is 10.1. The highest BCUT2D eigenvalue weighted by atomic mass is 35.5. The van der Waals surface area contributed by atoms with Crippen LogP contribution in [0.4, 0.5) is 30.2 Å². The zero-order chi connectivity index (χ0) is 25.9. The Hall–Kier alpha value is -3.00. The zero-order valence-corrected chi connectivity index (χ0v) is 19.9. The molecule has 0 heterocycles. The number of anilines is 3. The van der Waals surface area contributed by atoms with Gasteiger partial charge in [0.25, 0.3) is 5.91 Å². The molecule has 1 fully saturated rings. The minimum Gasteiger partial charge on any atom is -0.326 e.